The first kappa shape index (κ1) is 15.4. The number of amidine groups is 1. The molecule has 0 amide bonds. The molecule has 0 atom stereocenters. The molecule has 0 bridgehead atoms. The van der Waals surface area contributed by atoms with Gasteiger partial charge < -0.3 is 10.6 Å². The van der Waals surface area contributed by atoms with Gasteiger partial charge in [-0.25, -0.2) is 0 Å². The van der Waals surface area contributed by atoms with Crippen molar-refractivity contribution >= 4 is 11.5 Å². The quantitative estimate of drug-likeness (QED) is 0.906. The topological polar surface area (TPSA) is 36.4 Å². The van der Waals surface area contributed by atoms with Crippen molar-refractivity contribution < 1.29 is 0 Å². The lowest BCUT2D eigenvalue weighted by Gasteiger charge is -2.42. The molecule has 2 heterocycles. The Bertz CT molecular complexity index is 715. The van der Waals surface area contributed by atoms with Gasteiger partial charge in [0, 0.05) is 17.6 Å². The van der Waals surface area contributed by atoms with Gasteiger partial charge in [-0.3, -0.25) is 4.99 Å². The maximum atomic E-state index is 5.03. The van der Waals surface area contributed by atoms with E-state index in [0.717, 1.165) is 32.5 Å². The van der Waals surface area contributed by atoms with Crippen molar-refractivity contribution in [1.82, 2.24) is 5.32 Å². The number of rotatable bonds is 3. The van der Waals surface area contributed by atoms with Crippen LogP contribution in [0.25, 0.3) is 0 Å². The van der Waals surface area contributed by atoms with Gasteiger partial charge in [-0.05, 0) is 56.0 Å². The molecule has 3 nitrogen and oxygen atoms in total. The Labute approximate surface area is 144 Å². The van der Waals surface area contributed by atoms with E-state index in [2.05, 4.69) is 65.2 Å². The first-order valence-corrected chi connectivity index (χ1v) is 9.00. The van der Waals surface area contributed by atoms with Crippen molar-refractivity contribution in [2.75, 3.05) is 25.0 Å². The van der Waals surface area contributed by atoms with E-state index in [1.807, 2.05) is 0 Å². The fourth-order valence-corrected chi connectivity index (χ4v) is 3.97. The predicted octanol–water partition coefficient (Wildman–Crippen LogP) is 3.67. The molecule has 1 saturated heterocycles. The van der Waals surface area contributed by atoms with Crippen LogP contribution in [-0.2, 0) is 12.8 Å². The van der Waals surface area contributed by atoms with Crippen molar-refractivity contribution in [3.8, 4) is 0 Å². The number of para-hydroxylation sites is 1. The number of benzene rings is 2. The van der Waals surface area contributed by atoms with E-state index in [-0.39, 0.29) is 5.41 Å². The van der Waals surface area contributed by atoms with Crippen LogP contribution in [0, 0.1) is 5.41 Å². The Morgan fingerprint density at radius 1 is 0.917 bits per heavy atom. The van der Waals surface area contributed by atoms with Gasteiger partial charge >= 0.3 is 0 Å². The summed E-state index contributed by atoms with van der Waals surface area (Å²) in [6, 6.07) is 19.3. The average Bonchev–Trinajstić information content (AvgIpc) is 2.64. The summed E-state index contributed by atoms with van der Waals surface area (Å²) in [4.78, 5) is 5.03. The highest BCUT2D eigenvalue weighted by Crippen LogP contribution is 2.40. The lowest BCUT2D eigenvalue weighted by atomic mass is 9.71. The summed E-state index contributed by atoms with van der Waals surface area (Å²) >= 11 is 0. The van der Waals surface area contributed by atoms with Crippen molar-refractivity contribution in [2.45, 2.75) is 25.7 Å². The monoisotopic (exact) mass is 319 g/mol. The maximum Gasteiger partial charge on any atom is 0.107 e. The van der Waals surface area contributed by atoms with Crippen LogP contribution in [0.3, 0.4) is 0 Å². The Balaban J connectivity index is 1.57. The fraction of sp³-hybridized carbons (Fsp3) is 0.381. The van der Waals surface area contributed by atoms with Crippen molar-refractivity contribution in [2.24, 2.45) is 10.4 Å². The molecule has 1 fully saturated rings. The Kier molecular flexibility index (Phi) is 4.35. The van der Waals surface area contributed by atoms with Gasteiger partial charge in [0.05, 0.1) is 0 Å². The van der Waals surface area contributed by atoms with Crippen LogP contribution in [0.4, 0.5) is 5.69 Å². The van der Waals surface area contributed by atoms with Crippen LogP contribution in [0.15, 0.2) is 59.6 Å². The third-order valence-corrected chi connectivity index (χ3v) is 5.38. The summed E-state index contributed by atoms with van der Waals surface area (Å²) in [5.74, 6) is 1.21. The minimum Gasteiger partial charge on any atom is -0.343 e. The highest BCUT2D eigenvalue weighted by molar-refractivity contribution is 6.02. The molecule has 0 radical (unpaired) electrons. The highest BCUT2D eigenvalue weighted by atomic mass is 15.0. The van der Waals surface area contributed by atoms with E-state index in [1.54, 1.807) is 0 Å². The van der Waals surface area contributed by atoms with Crippen molar-refractivity contribution in [1.29, 1.82) is 0 Å². The summed E-state index contributed by atoms with van der Waals surface area (Å²) < 4.78 is 0. The third-order valence-electron chi connectivity index (χ3n) is 5.38. The van der Waals surface area contributed by atoms with Gasteiger partial charge in [-0.1, -0.05) is 48.5 Å². The normalized spacial score (nSPS) is 20.6. The van der Waals surface area contributed by atoms with Crippen LogP contribution in [0.2, 0.25) is 0 Å². The summed E-state index contributed by atoms with van der Waals surface area (Å²) in [6.07, 6.45) is 4.45. The fourth-order valence-electron chi connectivity index (χ4n) is 3.97. The van der Waals surface area contributed by atoms with E-state index in [0.29, 0.717) is 0 Å². The number of hydrogen-bond acceptors (Lipinski definition) is 2. The lowest BCUT2D eigenvalue weighted by molar-refractivity contribution is 0.293. The summed E-state index contributed by atoms with van der Waals surface area (Å²) in [5, 5.41) is 7.17. The molecule has 1 spiro atoms. The van der Waals surface area contributed by atoms with E-state index < -0.39 is 0 Å². The zero-order valence-electron chi connectivity index (χ0n) is 14.1. The average molecular weight is 319 g/mol. The van der Waals surface area contributed by atoms with Crippen molar-refractivity contribution in [3.05, 3.63) is 65.7 Å². The molecule has 2 aromatic carbocycles. The van der Waals surface area contributed by atoms with Crippen LogP contribution in [0.1, 0.15) is 24.0 Å². The van der Waals surface area contributed by atoms with Crippen LogP contribution in [0.5, 0.6) is 0 Å². The molecule has 3 heteroatoms. The lowest BCUT2D eigenvalue weighted by Crippen LogP contribution is -2.48. The Hall–Kier alpha value is -2.13. The van der Waals surface area contributed by atoms with Gasteiger partial charge in [0.15, 0.2) is 0 Å². The molecule has 124 valence electrons. The Morgan fingerprint density at radius 2 is 1.67 bits per heavy atom. The second kappa shape index (κ2) is 6.78. The summed E-state index contributed by atoms with van der Waals surface area (Å²) in [7, 11) is 0. The van der Waals surface area contributed by atoms with Gasteiger partial charge in [0.2, 0.25) is 0 Å². The number of aliphatic imine (C=N–C) groups is 1. The Morgan fingerprint density at radius 3 is 2.50 bits per heavy atom. The zero-order valence-corrected chi connectivity index (χ0v) is 14.1. The highest BCUT2D eigenvalue weighted by Gasteiger charge is 2.40. The van der Waals surface area contributed by atoms with Gasteiger partial charge in [-0.15, -0.1) is 0 Å². The summed E-state index contributed by atoms with van der Waals surface area (Å²) in [5.41, 5.74) is 4.22. The number of fused-ring (bicyclic) bond motifs is 1. The third kappa shape index (κ3) is 3.09. The number of anilines is 1. The molecule has 2 aliphatic heterocycles. The second-order valence-corrected chi connectivity index (χ2v) is 6.96. The van der Waals surface area contributed by atoms with Gasteiger partial charge in [0.25, 0.3) is 0 Å². The standard InChI is InChI=1S/C21H25N3/c1-2-6-17(7-3-1)10-13-23-20-21(11-14-22-15-12-21)16-18-8-4-5-9-19(18)24-20/h1-9,22H,10-16H2,(H,23,24). The molecule has 0 unspecified atom stereocenters. The molecule has 0 aromatic heterocycles. The minimum absolute atomic E-state index is 0.191. The molecular weight excluding hydrogens is 294 g/mol. The number of piperidine rings is 1. The molecule has 2 N–H and O–H groups in total. The van der Waals surface area contributed by atoms with Crippen LogP contribution in [-0.4, -0.2) is 25.5 Å². The second-order valence-electron chi connectivity index (χ2n) is 6.96. The molecule has 24 heavy (non-hydrogen) atoms. The molecule has 4 rings (SSSR count). The van der Waals surface area contributed by atoms with E-state index in [1.165, 1.54) is 35.5 Å². The van der Waals surface area contributed by atoms with Gasteiger partial charge in [0.1, 0.15) is 5.84 Å². The minimum atomic E-state index is 0.191. The molecule has 2 aliphatic rings. The van der Waals surface area contributed by atoms with E-state index in [4.69, 9.17) is 4.99 Å². The number of nitrogens with one attached hydrogen (secondary N) is 2. The predicted molar refractivity (Wildman–Crippen MR) is 101 cm³/mol. The zero-order chi connectivity index (χ0) is 16.2. The molecule has 2 aromatic rings. The largest absolute Gasteiger partial charge is 0.343 e. The molecule has 0 aliphatic carbocycles. The number of nitrogens with zero attached hydrogens (tertiary/aromatic N) is 1. The summed E-state index contributed by atoms with van der Waals surface area (Å²) in [6.45, 7) is 3.02. The molecule has 0 saturated carbocycles. The van der Waals surface area contributed by atoms with Gasteiger partial charge in [-0.2, -0.15) is 0 Å². The van der Waals surface area contributed by atoms with Crippen LogP contribution < -0.4 is 10.6 Å². The van der Waals surface area contributed by atoms with E-state index in [9.17, 15) is 0 Å². The van der Waals surface area contributed by atoms with Crippen molar-refractivity contribution in [3.63, 3.8) is 0 Å². The first-order valence-electron chi connectivity index (χ1n) is 9.00. The van der Waals surface area contributed by atoms with Crippen LogP contribution >= 0.6 is 0 Å². The van der Waals surface area contributed by atoms with E-state index >= 15 is 0 Å². The smallest absolute Gasteiger partial charge is 0.107 e. The number of hydrogen-bond donors (Lipinski definition) is 2. The first-order chi connectivity index (χ1) is 11.9. The maximum absolute atomic E-state index is 5.03. The molecular formula is C21H25N3. The SMILES string of the molecule is c1ccc(CCN=C2Nc3ccccc3CC23CCNCC3)cc1.